The fourth-order valence-corrected chi connectivity index (χ4v) is 2.94. The van der Waals surface area contributed by atoms with Gasteiger partial charge in [0, 0.05) is 19.1 Å². The molecule has 4 nitrogen and oxygen atoms in total. The molecule has 0 atom stereocenters. The van der Waals surface area contributed by atoms with Gasteiger partial charge in [-0.05, 0) is 30.9 Å². The number of anilines is 1. The van der Waals surface area contributed by atoms with E-state index in [0.717, 1.165) is 30.6 Å². The molecule has 0 spiro atoms. The van der Waals surface area contributed by atoms with Crippen molar-refractivity contribution in [2.75, 3.05) is 12.0 Å². The molecule has 4 heteroatoms. The maximum Gasteiger partial charge on any atom is 0.140 e. The van der Waals surface area contributed by atoms with E-state index >= 15 is 0 Å². The van der Waals surface area contributed by atoms with E-state index in [4.69, 9.17) is 5.84 Å². The molecule has 0 aliphatic heterocycles. The first kappa shape index (κ1) is 14.3. The summed E-state index contributed by atoms with van der Waals surface area (Å²) in [5, 5.41) is 0. The minimum absolute atomic E-state index is 0.691. The Labute approximate surface area is 116 Å². The van der Waals surface area contributed by atoms with Crippen LogP contribution >= 0.6 is 0 Å². The number of hydrogen-bond donors (Lipinski definition) is 2. The van der Waals surface area contributed by atoms with Gasteiger partial charge in [0.05, 0.1) is 5.69 Å². The highest BCUT2D eigenvalue weighted by Gasteiger charge is 2.23. The molecule has 19 heavy (non-hydrogen) atoms. The molecule has 0 aromatic carbocycles. The van der Waals surface area contributed by atoms with Gasteiger partial charge in [-0.15, -0.1) is 0 Å². The van der Waals surface area contributed by atoms with Crippen molar-refractivity contribution in [2.45, 2.75) is 52.1 Å². The Kier molecular flexibility index (Phi) is 5.16. The summed E-state index contributed by atoms with van der Waals surface area (Å²) in [5.41, 5.74) is 3.72. The maximum atomic E-state index is 5.43. The Hall–Kier alpha value is -1.13. The number of rotatable bonds is 6. The van der Waals surface area contributed by atoms with Crippen LogP contribution in [0, 0.1) is 5.92 Å². The van der Waals surface area contributed by atoms with E-state index in [-0.39, 0.29) is 0 Å². The average molecular weight is 262 g/mol. The summed E-state index contributed by atoms with van der Waals surface area (Å²) in [6.45, 7) is 6.64. The van der Waals surface area contributed by atoms with Crippen LogP contribution in [0.1, 0.15) is 45.2 Å². The van der Waals surface area contributed by atoms with Crippen molar-refractivity contribution in [1.29, 1.82) is 0 Å². The normalized spacial score (nSPS) is 16.5. The van der Waals surface area contributed by atoms with Gasteiger partial charge in [0.25, 0.3) is 0 Å². The van der Waals surface area contributed by atoms with Gasteiger partial charge in [0.1, 0.15) is 5.82 Å². The molecule has 3 N–H and O–H groups in total. The Balaban J connectivity index is 2.05. The third-order valence-corrected chi connectivity index (χ3v) is 3.76. The number of pyridine rings is 1. The molecule has 1 aliphatic carbocycles. The van der Waals surface area contributed by atoms with Crippen molar-refractivity contribution in [3.8, 4) is 0 Å². The number of aromatic nitrogens is 1. The quantitative estimate of drug-likeness (QED) is 0.611. The second-order valence-corrected chi connectivity index (χ2v) is 5.92. The number of hydrogen-bond acceptors (Lipinski definition) is 4. The molecule has 0 unspecified atom stereocenters. The van der Waals surface area contributed by atoms with Crippen molar-refractivity contribution in [3.63, 3.8) is 0 Å². The third kappa shape index (κ3) is 4.18. The monoisotopic (exact) mass is 262 g/mol. The molecule has 0 radical (unpaired) electrons. The van der Waals surface area contributed by atoms with E-state index in [1.807, 2.05) is 12.1 Å². The minimum Gasteiger partial charge on any atom is -0.308 e. The van der Waals surface area contributed by atoms with Crippen molar-refractivity contribution in [3.05, 3.63) is 23.9 Å². The van der Waals surface area contributed by atoms with Crippen molar-refractivity contribution in [2.24, 2.45) is 11.8 Å². The van der Waals surface area contributed by atoms with Gasteiger partial charge in [-0.3, -0.25) is 4.90 Å². The minimum atomic E-state index is 0.691. The molecular weight excluding hydrogens is 236 g/mol. The summed E-state index contributed by atoms with van der Waals surface area (Å²) < 4.78 is 0. The zero-order valence-electron chi connectivity index (χ0n) is 12.1. The zero-order valence-corrected chi connectivity index (χ0v) is 12.1. The predicted molar refractivity (Wildman–Crippen MR) is 79.6 cm³/mol. The Morgan fingerprint density at radius 3 is 2.74 bits per heavy atom. The van der Waals surface area contributed by atoms with Crippen molar-refractivity contribution >= 4 is 5.82 Å². The highest BCUT2D eigenvalue weighted by molar-refractivity contribution is 5.33. The summed E-state index contributed by atoms with van der Waals surface area (Å²) in [4.78, 5) is 7.13. The first-order valence-electron chi connectivity index (χ1n) is 7.35. The van der Waals surface area contributed by atoms with E-state index < -0.39 is 0 Å². The molecule has 0 saturated heterocycles. The average Bonchev–Trinajstić information content (AvgIpc) is 2.91. The predicted octanol–water partition coefficient (Wildman–Crippen LogP) is 2.77. The van der Waals surface area contributed by atoms with E-state index in [1.54, 1.807) is 0 Å². The second kappa shape index (κ2) is 6.87. The topological polar surface area (TPSA) is 54.2 Å². The third-order valence-electron chi connectivity index (χ3n) is 3.76. The lowest BCUT2D eigenvalue weighted by molar-refractivity contribution is 0.166. The van der Waals surface area contributed by atoms with Gasteiger partial charge in [-0.25, -0.2) is 10.8 Å². The lowest BCUT2D eigenvalue weighted by Gasteiger charge is -2.30. The number of nitrogens with two attached hydrogens (primary N) is 1. The number of nitrogens with one attached hydrogen (secondary N) is 1. The van der Waals surface area contributed by atoms with Gasteiger partial charge < -0.3 is 5.43 Å². The van der Waals surface area contributed by atoms with E-state index in [0.29, 0.717) is 5.92 Å². The van der Waals surface area contributed by atoms with Crippen LogP contribution in [0.5, 0.6) is 0 Å². The highest BCUT2D eigenvalue weighted by Crippen LogP contribution is 2.25. The number of nitrogen functional groups attached to an aromatic ring is 1. The Morgan fingerprint density at radius 1 is 1.37 bits per heavy atom. The zero-order chi connectivity index (χ0) is 13.7. The largest absolute Gasteiger partial charge is 0.308 e. The molecule has 0 bridgehead atoms. The van der Waals surface area contributed by atoms with Crippen LogP contribution in [0.2, 0.25) is 0 Å². The molecular formula is C15H26N4. The van der Waals surface area contributed by atoms with Crippen molar-refractivity contribution in [1.82, 2.24) is 9.88 Å². The Bertz CT molecular complexity index is 385. The maximum absolute atomic E-state index is 5.43. The summed E-state index contributed by atoms with van der Waals surface area (Å²) in [6.07, 6.45) is 5.41. The first-order chi connectivity index (χ1) is 9.19. The summed E-state index contributed by atoms with van der Waals surface area (Å²) in [6, 6.07) is 6.73. The fourth-order valence-electron chi connectivity index (χ4n) is 2.94. The van der Waals surface area contributed by atoms with Crippen LogP contribution in [0.15, 0.2) is 18.2 Å². The van der Waals surface area contributed by atoms with Crippen LogP contribution in [0.4, 0.5) is 5.82 Å². The smallest absolute Gasteiger partial charge is 0.140 e. The lowest BCUT2D eigenvalue weighted by Crippen LogP contribution is -2.36. The number of hydrazine groups is 1. The molecule has 2 rings (SSSR count). The molecule has 106 valence electrons. The summed E-state index contributed by atoms with van der Waals surface area (Å²) in [7, 11) is 0. The van der Waals surface area contributed by atoms with Crippen LogP contribution in [-0.4, -0.2) is 22.5 Å². The lowest BCUT2D eigenvalue weighted by atomic mass is 10.1. The number of nitrogens with zero attached hydrogens (tertiary/aromatic N) is 2. The van der Waals surface area contributed by atoms with Gasteiger partial charge in [-0.2, -0.15) is 0 Å². The van der Waals surface area contributed by atoms with Gasteiger partial charge in [0.2, 0.25) is 0 Å². The molecule has 1 saturated carbocycles. The van der Waals surface area contributed by atoms with Crippen LogP contribution < -0.4 is 11.3 Å². The molecule has 0 amide bonds. The summed E-state index contributed by atoms with van der Waals surface area (Å²) in [5.74, 6) is 6.86. The first-order valence-corrected chi connectivity index (χ1v) is 7.35. The molecule has 1 aliphatic rings. The van der Waals surface area contributed by atoms with Crippen molar-refractivity contribution < 1.29 is 0 Å². The fraction of sp³-hybridized carbons (Fsp3) is 0.667. The Morgan fingerprint density at radius 2 is 2.11 bits per heavy atom. The summed E-state index contributed by atoms with van der Waals surface area (Å²) >= 11 is 0. The molecule has 1 heterocycles. The standard InChI is InChI=1S/C15H26N4/c1-12(2)10-19(14-7-3-4-8-14)11-13-6-5-9-15(17-13)18-16/h5-6,9,12,14H,3-4,7-8,10-11,16H2,1-2H3,(H,17,18). The van der Waals surface area contributed by atoms with Gasteiger partial charge in [0.15, 0.2) is 0 Å². The molecule has 1 aromatic rings. The van der Waals surface area contributed by atoms with Gasteiger partial charge in [-0.1, -0.05) is 32.8 Å². The molecule has 1 aromatic heterocycles. The molecule has 1 fully saturated rings. The van der Waals surface area contributed by atoms with E-state index in [2.05, 4.69) is 35.2 Å². The van der Waals surface area contributed by atoms with E-state index in [9.17, 15) is 0 Å². The SMILES string of the molecule is CC(C)CN(Cc1cccc(NN)n1)C1CCCC1. The highest BCUT2D eigenvalue weighted by atomic mass is 15.3. The van der Waals surface area contributed by atoms with Crippen LogP contribution in [0.25, 0.3) is 0 Å². The van der Waals surface area contributed by atoms with E-state index in [1.165, 1.54) is 25.7 Å². The van der Waals surface area contributed by atoms with Crippen LogP contribution in [0.3, 0.4) is 0 Å². The van der Waals surface area contributed by atoms with Crippen LogP contribution in [-0.2, 0) is 6.54 Å². The second-order valence-electron chi connectivity index (χ2n) is 5.92. The van der Waals surface area contributed by atoms with Gasteiger partial charge >= 0.3 is 0 Å².